The van der Waals surface area contributed by atoms with Crippen LogP contribution >= 0.6 is 0 Å². The Bertz CT molecular complexity index is 988. The quantitative estimate of drug-likeness (QED) is 0.703. The number of benzene rings is 2. The maximum atomic E-state index is 12.6. The zero-order valence-corrected chi connectivity index (χ0v) is 15.3. The van der Waals surface area contributed by atoms with E-state index >= 15 is 0 Å². The number of carbonyl (C=O) groups excluding carboxylic acids is 1. The molecule has 5 nitrogen and oxygen atoms in total. The summed E-state index contributed by atoms with van der Waals surface area (Å²) in [6.45, 7) is 2.45. The van der Waals surface area contributed by atoms with Gasteiger partial charge in [0.15, 0.2) is 0 Å². The first-order chi connectivity index (χ1) is 13.2. The summed E-state index contributed by atoms with van der Waals surface area (Å²) in [5.41, 5.74) is 6.26. The number of nitrogens with zero attached hydrogens (tertiary/aromatic N) is 1. The summed E-state index contributed by atoms with van der Waals surface area (Å²) < 4.78 is 5.20. The van der Waals surface area contributed by atoms with Crippen molar-refractivity contribution in [1.82, 2.24) is 15.5 Å². The van der Waals surface area contributed by atoms with E-state index in [1.807, 2.05) is 61.5 Å². The number of ether oxygens (including phenoxy) is 1. The molecular formula is C22H21N3O2. The molecule has 0 spiro atoms. The van der Waals surface area contributed by atoms with Crippen molar-refractivity contribution in [3.05, 3.63) is 77.5 Å². The van der Waals surface area contributed by atoms with Crippen LogP contribution < -0.4 is 10.1 Å². The Labute approximate surface area is 158 Å². The maximum absolute atomic E-state index is 12.6. The predicted octanol–water partition coefficient (Wildman–Crippen LogP) is 3.81. The van der Waals surface area contributed by atoms with Crippen LogP contribution in [0.3, 0.4) is 0 Å². The van der Waals surface area contributed by atoms with Gasteiger partial charge in [0.1, 0.15) is 5.75 Å². The molecule has 136 valence electrons. The minimum absolute atomic E-state index is 0.0354. The van der Waals surface area contributed by atoms with E-state index in [1.54, 1.807) is 13.3 Å². The molecule has 0 radical (unpaired) electrons. The van der Waals surface area contributed by atoms with Gasteiger partial charge in [-0.1, -0.05) is 35.9 Å². The Balaban J connectivity index is 1.42. The predicted molar refractivity (Wildman–Crippen MR) is 105 cm³/mol. The van der Waals surface area contributed by atoms with Crippen molar-refractivity contribution >= 4 is 11.5 Å². The largest absolute Gasteiger partial charge is 0.497 e. The van der Waals surface area contributed by atoms with Crippen LogP contribution in [0.15, 0.2) is 66.4 Å². The summed E-state index contributed by atoms with van der Waals surface area (Å²) in [6, 6.07) is 17.8. The summed E-state index contributed by atoms with van der Waals surface area (Å²) in [5.74, 6) is 0.716. The van der Waals surface area contributed by atoms with E-state index in [4.69, 9.17) is 4.74 Å². The van der Waals surface area contributed by atoms with Crippen molar-refractivity contribution < 1.29 is 9.53 Å². The molecule has 0 aliphatic heterocycles. The summed E-state index contributed by atoms with van der Waals surface area (Å²) in [7, 11) is 1.64. The van der Waals surface area contributed by atoms with Crippen molar-refractivity contribution in [2.45, 2.75) is 13.5 Å². The molecule has 1 aliphatic carbocycles. The minimum atomic E-state index is -0.122. The molecule has 1 aromatic heterocycles. The first-order valence-corrected chi connectivity index (χ1v) is 8.89. The van der Waals surface area contributed by atoms with Gasteiger partial charge in [0.05, 0.1) is 24.9 Å². The second kappa shape index (κ2) is 7.11. The minimum Gasteiger partial charge on any atom is -0.497 e. The highest BCUT2D eigenvalue weighted by Crippen LogP contribution is 2.46. The maximum Gasteiger partial charge on any atom is 0.231 e. The van der Waals surface area contributed by atoms with Gasteiger partial charge in [0.2, 0.25) is 5.91 Å². The van der Waals surface area contributed by atoms with Gasteiger partial charge in [-0.15, -0.1) is 0 Å². The van der Waals surface area contributed by atoms with Crippen LogP contribution in [0.2, 0.25) is 0 Å². The molecule has 0 saturated carbocycles. The summed E-state index contributed by atoms with van der Waals surface area (Å²) in [4.78, 5) is 12.6. The van der Waals surface area contributed by atoms with Gasteiger partial charge in [0, 0.05) is 17.7 Å². The smallest absolute Gasteiger partial charge is 0.231 e. The lowest BCUT2D eigenvalue weighted by molar-refractivity contribution is -0.121. The number of amides is 1. The molecule has 27 heavy (non-hydrogen) atoms. The number of nitrogens with one attached hydrogen (secondary N) is 2. The van der Waals surface area contributed by atoms with Crippen LogP contribution in [-0.4, -0.2) is 23.2 Å². The zero-order chi connectivity index (χ0) is 18.8. The number of aromatic nitrogens is 2. The third-order valence-corrected chi connectivity index (χ3v) is 4.96. The zero-order valence-electron chi connectivity index (χ0n) is 15.3. The molecule has 1 atom stereocenters. The Morgan fingerprint density at radius 2 is 1.85 bits per heavy atom. The van der Waals surface area contributed by atoms with E-state index in [-0.39, 0.29) is 11.8 Å². The highest BCUT2D eigenvalue weighted by molar-refractivity contribution is 6.05. The van der Waals surface area contributed by atoms with Crippen LogP contribution in [0.5, 0.6) is 5.75 Å². The Hall–Kier alpha value is -3.34. The molecule has 2 N–H and O–H groups in total. The number of H-pyrrole nitrogens is 1. The second-order valence-corrected chi connectivity index (χ2v) is 6.61. The van der Waals surface area contributed by atoms with Gasteiger partial charge < -0.3 is 10.1 Å². The normalized spacial score (nSPS) is 15.6. The standard InChI is InChI=1S/C22H21N3O2/c1-14-19(15-6-4-3-5-7-15)20(14)22(26)23-12-17-13-24-25-21(17)16-8-10-18(27-2)11-9-16/h3-11,13,20H,12H2,1-2H3,(H,23,26)(H,24,25). The van der Waals surface area contributed by atoms with E-state index in [0.29, 0.717) is 6.54 Å². The molecule has 2 aromatic carbocycles. The molecule has 3 aromatic rings. The first-order valence-electron chi connectivity index (χ1n) is 8.89. The number of methoxy groups -OCH3 is 1. The lowest BCUT2D eigenvalue weighted by atomic mass is 10.1. The molecular weight excluding hydrogens is 338 g/mol. The van der Waals surface area contributed by atoms with E-state index in [2.05, 4.69) is 15.5 Å². The van der Waals surface area contributed by atoms with Gasteiger partial charge >= 0.3 is 0 Å². The molecule has 1 aliphatic rings. The lowest BCUT2D eigenvalue weighted by Crippen LogP contribution is -2.26. The molecule has 5 heteroatoms. The first kappa shape index (κ1) is 17.1. The Morgan fingerprint density at radius 3 is 2.56 bits per heavy atom. The van der Waals surface area contributed by atoms with Gasteiger partial charge in [0.25, 0.3) is 0 Å². The third-order valence-electron chi connectivity index (χ3n) is 4.96. The summed E-state index contributed by atoms with van der Waals surface area (Å²) in [5, 5.41) is 10.2. The van der Waals surface area contributed by atoms with E-state index in [0.717, 1.165) is 39.3 Å². The topological polar surface area (TPSA) is 67.0 Å². The van der Waals surface area contributed by atoms with Crippen molar-refractivity contribution in [3.8, 4) is 17.0 Å². The summed E-state index contributed by atoms with van der Waals surface area (Å²) in [6.07, 6.45) is 1.76. The molecule has 0 saturated heterocycles. The highest BCUT2D eigenvalue weighted by atomic mass is 16.5. The molecule has 1 heterocycles. The number of hydrogen-bond acceptors (Lipinski definition) is 3. The molecule has 0 bridgehead atoms. The van der Waals surface area contributed by atoms with Crippen molar-refractivity contribution in [1.29, 1.82) is 0 Å². The molecule has 1 amide bonds. The van der Waals surface area contributed by atoms with Gasteiger partial charge in [-0.3, -0.25) is 9.89 Å². The number of hydrogen-bond donors (Lipinski definition) is 2. The molecule has 4 rings (SSSR count). The molecule has 0 fully saturated rings. The molecule has 1 unspecified atom stereocenters. The fourth-order valence-electron chi connectivity index (χ4n) is 3.41. The number of aromatic amines is 1. The Morgan fingerprint density at radius 1 is 1.11 bits per heavy atom. The van der Waals surface area contributed by atoms with E-state index < -0.39 is 0 Å². The van der Waals surface area contributed by atoms with Crippen LogP contribution in [0.1, 0.15) is 18.1 Å². The van der Waals surface area contributed by atoms with Crippen LogP contribution in [-0.2, 0) is 11.3 Å². The SMILES string of the molecule is COc1ccc(-c2[nH]ncc2CNC(=O)C2C(C)=C2c2ccccc2)cc1. The highest BCUT2D eigenvalue weighted by Gasteiger charge is 2.39. The average Bonchev–Trinajstić information content (AvgIpc) is 3.17. The number of carbonyl (C=O) groups is 1. The fourth-order valence-corrected chi connectivity index (χ4v) is 3.41. The van der Waals surface area contributed by atoms with Crippen LogP contribution in [0, 0.1) is 5.92 Å². The van der Waals surface area contributed by atoms with E-state index in [9.17, 15) is 4.79 Å². The fraction of sp³-hybridized carbons (Fsp3) is 0.182. The third kappa shape index (κ3) is 3.36. The van der Waals surface area contributed by atoms with Crippen LogP contribution in [0.4, 0.5) is 0 Å². The number of rotatable bonds is 6. The lowest BCUT2D eigenvalue weighted by Gasteiger charge is -2.07. The second-order valence-electron chi connectivity index (χ2n) is 6.61. The monoisotopic (exact) mass is 359 g/mol. The van der Waals surface area contributed by atoms with Crippen molar-refractivity contribution in [3.63, 3.8) is 0 Å². The van der Waals surface area contributed by atoms with Gasteiger partial charge in [-0.25, -0.2) is 0 Å². The van der Waals surface area contributed by atoms with E-state index in [1.165, 1.54) is 0 Å². The Kier molecular flexibility index (Phi) is 4.50. The van der Waals surface area contributed by atoms with Gasteiger partial charge in [-0.2, -0.15) is 5.10 Å². The summed E-state index contributed by atoms with van der Waals surface area (Å²) >= 11 is 0. The van der Waals surface area contributed by atoms with Gasteiger partial charge in [-0.05, 0) is 42.3 Å². The van der Waals surface area contributed by atoms with Crippen LogP contribution in [0.25, 0.3) is 16.8 Å². The van der Waals surface area contributed by atoms with Crippen molar-refractivity contribution in [2.75, 3.05) is 7.11 Å². The van der Waals surface area contributed by atoms with Crippen molar-refractivity contribution in [2.24, 2.45) is 5.92 Å². The average molecular weight is 359 g/mol.